The summed E-state index contributed by atoms with van der Waals surface area (Å²) in [5, 5.41) is 0. The molecule has 1 aromatic carbocycles. The van der Waals surface area contributed by atoms with Gasteiger partial charge in [0.15, 0.2) is 0 Å². The lowest BCUT2D eigenvalue weighted by molar-refractivity contribution is -0.129. The summed E-state index contributed by atoms with van der Waals surface area (Å²) in [7, 11) is -3.27. The second kappa shape index (κ2) is 7.70. The van der Waals surface area contributed by atoms with Crippen molar-refractivity contribution in [1.82, 2.24) is 9.62 Å². The van der Waals surface area contributed by atoms with Gasteiger partial charge < -0.3 is 4.90 Å². The molecule has 1 aliphatic heterocycles. The molecule has 0 bridgehead atoms. The number of piperidine rings is 1. The van der Waals surface area contributed by atoms with Crippen molar-refractivity contribution in [3.63, 3.8) is 0 Å². The topological polar surface area (TPSA) is 66.5 Å². The van der Waals surface area contributed by atoms with Crippen molar-refractivity contribution in [3.05, 3.63) is 41.7 Å². The Morgan fingerprint density at radius 2 is 2.04 bits per heavy atom. The molecule has 1 fully saturated rings. The fourth-order valence-corrected chi connectivity index (χ4v) is 3.08. The number of amides is 1. The van der Waals surface area contributed by atoms with Gasteiger partial charge in [-0.05, 0) is 43.0 Å². The van der Waals surface area contributed by atoms with Crippen molar-refractivity contribution in [1.29, 1.82) is 0 Å². The standard InChI is InChI=1S/C16H21FN2O3S/c1-23(21,22)18-12-15-4-2-3-11-19(15)16(20)10-7-13-5-8-14(17)9-6-13/h5-10,15,18H,2-4,11-12H2,1H3. The average Bonchev–Trinajstić information content (AvgIpc) is 2.52. The van der Waals surface area contributed by atoms with E-state index in [1.807, 2.05) is 0 Å². The molecule has 0 aromatic heterocycles. The van der Waals surface area contributed by atoms with Crippen LogP contribution in [-0.4, -0.2) is 44.6 Å². The first-order valence-corrected chi connectivity index (χ1v) is 9.43. The number of carbonyl (C=O) groups is 1. The number of hydrogen-bond acceptors (Lipinski definition) is 3. The van der Waals surface area contributed by atoms with E-state index >= 15 is 0 Å². The molecule has 23 heavy (non-hydrogen) atoms. The highest BCUT2D eigenvalue weighted by Gasteiger charge is 2.25. The maximum atomic E-state index is 12.9. The van der Waals surface area contributed by atoms with E-state index in [1.165, 1.54) is 18.2 Å². The van der Waals surface area contributed by atoms with Gasteiger partial charge in [-0.1, -0.05) is 12.1 Å². The van der Waals surface area contributed by atoms with Gasteiger partial charge in [0.1, 0.15) is 5.82 Å². The van der Waals surface area contributed by atoms with Crippen molar-refractivity contribution in [2.45, 2.75) is 25.3 Å². The lowest BCUT2D eigenvalue weighted by Crippen LogP contribution is -2.48. The molecule has 0 spiro atoms. The molecule has 1 saturated heterocycles. The highest BCUT2D eigenvalue weighted by molar-refractivity contribution is 7.88. The molecule has 0 saturated carbocycles. The van der Waals surface area contributed by atoms with E-state index in [1.54, 1.807) is 23.1 Å². The van der Waals surface area contributed by atoms with Crippen molar-refractivity contribution >= 4 is 22.0 Å². The molecule has 0 aliphatic carbocycles. The molecule has 1 amide bonds. The van der Waals surface area contributed by atoms with Crippen LogP contribution in [0.1, 0.15) is 24.8 Å². The zero-order valence-corrected chi connectivity index (χ0v) is 13.9. The van der Waals surface area contributed by atoms with E-state index in [0.717, 1.165) is 31.1 Å². The van der Waals surface area contributed by atoms with Crippen LogP contribution in [0.25, 0.3) is 6.08 Å². The highest BCUT2D eigenvalue weighted by Crippen LogP contribution is 2.17. The maximum Gasteiger partial charge on any atom is 0.246 e. The van der Waals surface area contributed by atoms with Crippen molar-refractivity contribution < 1.29 is 17.6 Å². The van der Waals surface area contributed by atoms with Crippen LogP contribution in [0.4, 0.5) is 4.39 Å². The minimum atomic E-state index is -3.27. The van der Waals surface area contributed by atoms with Crippen molar-refractivity contribution in [2.24, 2.45) is 0 Å². The summed E-state index contributed by atoms with van der Waals surface area (Å²) < 4.78 is 37.8. The number of nitrogens with one attached hydrogen (secondary N) is 1. The number of sulfonamides is 1. The van der Waals surface area contributed by atoms with Gasteiger partial charge in [-0.15, -0.1) is 0 Å². The number of carbonyl (C=O) groups excluding carboxylic acids is 1. The first kappa shape index (κ1) is 17.6. The van der Waals surface area contributed by atoms with Crippen molar-refractivity contribution in [3.8, 4) is 0 Å². The number of benzene rings is 1. The predicted molar refractivity (Wildman–Crippen MR) is 87.6 cm³/mol. The lowest BCUT2D eigenvalue weighted by atomic mass is 10.0. The minimum Gasteiger partial charge on any atom is -0.335 e. The fourth-order valence-electron chi connectivity index (χ4n) is 2.59. The highest BCUT2D eigenvalue weighted by atomic mass is 32.2. The van der Waals surface area contributed by atoms with Crippen LogP contribution in [-0.2, 0) is 14.8 Å². The minimum absolute atomic E-state index is 0.135. The second-order valence-electron chi connectivity index (χ2n) is 5.69. The maximum absolute atomic E-state index is 12.9. The normalized spacial score (nSPS) is 19.2. The molecule has 1 aromatic rings. The summed E-state index contributed by atoms with van der Waals surface area (Å²) in [6, 6.07) is 5.73. The van der Waals surface area contributed by atoms with Crippen LogP contribution >= 0.6 is 0 Å². The van der Waals surface area contributed by atoms with E-state index in [0.29, 0.717) is 6.54 Å². The van der Waals surface area contributed by atoms with E-state index in [4.69, 9.17) is 0 Å². The smallest absolute Gasteiger partial charge is 0.246 e. The number of halogens is 1. The second-order valence-corrected chi connectivity index (χ2v) is 7.52. The van der Waals surface area contributed by atoms with Gasteiger partial charge in [-0.3, -0.25) is 4.79 Å². The number of nitrogens with zero attached hydrogens (tertiary/aromatic N) is 1. The Bertz CT molecular complexity index is 671. The zero-order valence-electron chi connectivity index (χ0n) is 13.0. The van der Waals surface area contributed by atoms with Crippen LogP contribution in [0.2, 0.25) is 0 Å². The third kappa shape index (κ3) is 5.76. The molecule has 2 rings (SSSR count). The largest absolute Gasteiger partial charge is 0.335 e. The number of rotatable bonds is 5. The quantitative estimate of drug-likeness (QED) is 0.831. The summed E-state index contributed by atoms with van der Waals surface area (Å²) in [4.78, 5) is 14.1. The number of hydrogen-bond donors (Lipinski definition) is 1. The molecule has 1 N–H and O–H groups in total. The first-order chi connectivity index (χ1) is 10.8. The molecule has 7 heteroatoms. The average molecular weight is 340 g/mol. The van der Waals surface area contributed by atoms with Gasteiger partial charge in [0.05, 0.1) is 6.26 Å². The Labute approximate surface area is 136 Å². The van der Waals surface area contributed by atoms with E-state index in [-0.39, 0.29) is 24.3 Å². The van der Waals surface area contributed by atoms with Crippen LogP contribution < -0.4 is 4.72 Å². The fraction of sp³-hybridized carbons (Fsp3) is 0.438. The van der Waals surface area contributed by atoms with E-state index in [9.17, 15) is 17.6 Å². The van der Waals surface area contributed by atoms with Gasteiger partial charge in [-0.25, -0.2) is 17.5 Å². The van der Waals surface area contributed by atoms with Crippen LogP contribution in [0.15, 0.2) is 30.3 Å². The molecule has 126 valence electrons. The molecule has 5 nitrogen and oxygen atoms in total. The zero-order chi connectivity index (χ0) is 16.9. The molecule has 1 atom stereocenters. The lowest BCUT2D eigenvalue weighted by Gasteiger charge is -2.35. The third-order valence-corrected chi connectivity index (χ3v) is 4.47. The Kier molecular flexibility index (Phi) is 5.90. The van der Waals surface area contributed by atoms with Crippen LogP contribution in [0.3, 0.4) is 0 Å². The molecule has 1 heterocycles. The summed E-state index contributed by atoms with van der Waals surface area (Å²) in [6.45, 7) is 0.845. The van der Waals surface area contributed by atoms with Gasteiger partial charge in [0, 0.05) is 25.2 Å². The SMILES string of the molecule is CS(=O)(=O)NCC1CCCCN1C(=O)C=Cc1ccc(F)cc1. The molecular formula is C16H21FN2O3S. The van der Waals surface area contributed by atoms with Crippen LogP contribution in [0.5, 0.6) is 0 Å². The van der Waals surface area contributed by atoms with Gasteiger partial charge in [0.25, 0.3) is 0 Å². The third-order valence-electron chi connectivity index (χ3n) is 3.78. The number of likely N-dealkylation sites (tertiary alicyclic amines) is 1. The Balaban J connectivity index is 2.01. The summed E-state index contributed by atoms with van der Waals surface area (Å²) >= 11 is 0. The predicted octanol–water partition coefficient (Wildman–Crippen LogP) is 1.77. The molecule has 1 unspecified atom stereocenters. The molecule has 0 radical (unpaired) electrons. The molecular weight excluding hydrogens is 319 g/mol. The Morgan fingerprint density at radius 1 is 1.35 bits per heavy atom. The summed E-state index contributed by atoms with van der Waals surface area (Å²) in [5.41, 5.74) is 0.738. The first-order valence-electron chi connectivity index (χ1n) is 7.54. The summed E-state index contributed by atoms with van der Waals surface area (Å²) in [5.74, 6) is -0.481. The Morgan fingerprint density at radius 3 is 2.70 bits per heavy atom. The van der Waals surface area contributed by atoms with E-state index in [2.05, 4.69) is 4.72 Å². The van der Waals surface area contributed by atoms with E-state index < -0.39 is 10.0 Å². The van der Waals surface area contributed by atoms with Gasteiger partial charge in [0.2, 0.25) is 15.9 Å². The molecule has 1 aliphatic rings. The summed E-state index contributed by atoms with van der Waals surface area (Å²) in [6.07, 6.45) is 6.85. The van der Waals surface area contributed by atoms with Crippen LogP contribution in [0, 0.1) is 5.82 Å². The Hall–Kier alpha value is -1.73. The monoisotopic (exact) mass is 340 g/mol. The van der Waals surface area contributed by atoms with Crippen molar-refractivity contribution in [2.75, 3.05) is 19.3 Å². The van der Waals surface area contributed by atoms with Gasteiger partial charge in [-0.2, -0.15) is 0 Å². The van der Waals surface area contributed by atoms with Gasteiger partial charge >= 0.3 is 0 Å².